The first-order chi connectivity index (χ1) is 7.95. The van der Waals surface area contributed by atoms with Crippen molar-refractivity contribution < 1.29 is 4.79 Å². The normalized spacial score (nSPS) is 16.5. The predicted molar refractivity (Wildman–Crippen MR) is 68.8 cm³/mol. The van der Waals surface area contributed by atoms with Crippen LogP contribution in [-0.2, 0) is 11.2 Å². The van der Waals surface area contributed by atoms with E-state index in [2.05, 4.69) is 18.9 Å². The minimum atomic E-state index is -0.108. The molecule has 0 aliphatic carbocycles. The van der Waals surface area contributed by atoms with Crippen molar-refractivity contribution in [3.8, 4) is 0 Å². The van der Waals surface area contributed by atoms with E-state index < -0.39 is 0 Å². The van der Waals surface area contributed by atoms with Crippen LogP contribution in [0.1, 0.15) is 45.9 Å². The highest BCUT2D eigenvalue weighted by Gasteiger charge is 2.18. The number of nitrogens with zero attached hydrogens (tertiary/aromatic N) is 2. The van der Waals surface area contributed by atoms with E-state index in [0.29, 0.717) is 12.5 Å². The molecular weight excluding hydrogens is 214 g/mol. The molecule has 3 atom stereocenters. The zero-order chi connectivity index (χ0) is 13.0. The van der Waals surface area contributed by atoms with E-state index in [1.54, 1.807) is 0 Å². The third-order valence-corrected chi connectivity index (χ3v) is 3.36. The molecule has 0 saturated heterocycles. The number of aromatic nitrogens is 2. The van der Waals surface area contributed by atoms with Gasteiger partial charge in [0.2, 0.25) is 0 Å². The van der Waals surface area contributed by atoms with E-state index in [9.17, 15) is 4.79 Å². The molecule has 2 N–H and O–H groups in total. The molecule has 1 rings (SSSR count). The third-order valence-electron chi connectivity index (χ3n) is 3.36. The number of Topliss-reactive ketones (excluding diaryl/α,β-unsaturated/α-hetero) is 1. The Bertz CT molecular complexity index is 370. The molecule has 3 unspecified atom stereocenters. The van der Waals surface area contributed by atoms with Gasteiger partial charge in [-0.1, -0.05) is 13.8 Å². The van der Waals surface area contributed by atoms with Crippen molar-refractivity contribution in [2.75, 3.05) is 0 Å². The Balaban J connectivity index is 2.63. The molecule has 0 spiro atoms. The SMILES string of the molecule is CCC(C)n1ccc(CC(=O)C(C)C(C)N)n1. The minimum absolute atomic E-state index is 0.0980. The highest BCUT2D eigenvalue weighted by molar-refractivity contribution is 5.83. The number of rotatable bonds is 6. The monoisotopic (exact) mass is 237 g/mol. The van der Waals surface area contributed by atoms with E-state index in [4.69, 9.17) is 5.73 Å². The number of hydrogen-bond donors (Lipinski definition) is 1. The van der Waals surface area contributed by atoms with Gasteiger partial charge in [0.1, 0.15) is 5.78 Å². The maximum absolute atomic E-state index is 11.9. The fourth-order valence-electron chi connectivity index (χ4n) is 1.54. The highest BCUT2D eigenvalue weighted by Crippen LogP contribution is 2.11. The summed E-state index contributed by atoms with van der Waals surface area (Å²) < 4.78 is 1.92. The van der Waals surface area contributed by atoms with E-state index in [1.807, 2.05) is 30.8 Å². The van der Waals surface area contributed by atoms with Crippen LogP contribution in [0.4, 0.5) is 0 Å². The summed E-state index contributed by atoms with van der Waals surface area (Å²) in [5, 5.41) is 4.42. The molecule has 4 nitrogen and oxygen atoms in total. The van der Waals surface area contributed by atoms with Crippen LogP contribution in [0.15, 0.2) is 12.3 Å². The van der Waals surface area contributed by atoms with Gasteiger partial charge in [0.15, 0.2) is 0 Å². The standard InChI is InChI=1S/C13H23N3O/c1-5-9(2)16-7-6-12(15-16)8-13(17)10(3)11(4)14/h6-7,9-11H,5,8,14H2,1-4H3. The summed E-state index contributed by atoms with van der Waals surface area (Å²) in [6, 6.07) is 2.20. The molecule has 0 aromatic carbocycles. The molecule has 0 amide bonds. The van der Waals surface area contributed by atoms with Crippen LogP contribution in [0, 0.1) is 5.92 Å². The lowest BCUT2D eigenvalue weighted by atomic mass is 9.96. The van der Waals surface area contributed by atoms with Crippen LogP contribution in [0.3, 0.4) is 0 Å². The Hall–Kier alpha value is -1.16. The van der Waals surface area contributed by atoms with Crippen molar-refractivity contribution >= 4 is 5.78 Å². The van der Waals surface area contributed by atoms with E-state index in [0.717, 1.165) is 12.1 Å². The van der Waals surface area contributed by atoms with Crippen LogP contribution in [0.2, 0.25) is 0 Å². The number of carbonyl (C=O) groups is 1. The Kier molecular flexibility index (Phi) is 4.87. The quantitative estimate of drug-likeness (QED) is 0.822. The van der Waals surface area contributed by atoms with Gasteiger partial charge in [-0.25, -0.2) is 0 Å². The van der Waals surface area contributed by atoms with Crippen LogP contribution in [-0.4, -0.2) is 21.6 Å². The largest absolute Gasteiger partial charge is 0.327 e. The molecule has 17 heavy (non-hydrogen) atoms. The topological polar surface area (TPSA) is 60.9 Å². The Morgan fingerprint density at radius 2 is 2.12 bits per heavy atom. The summed E-state index contributed by atoms with van der Waals surface area (Å²) in [7, 11) is 0. The Labute approximate surface area is 103 Å². The van der Waals surface area contributed by atoms with Gasteiger partial charge in [0, 0.05) is 24.2 Å². The molecule has 0 aliphatic rings. The first-order valence-corrected chi connectivity index (χ1v) is 6.28. The second-order valence-electron chi connectivity index (χ2n) is 4.84. The zero-order valence-electron chi connectivity index (χ0n) is 11.2. The molecule has 1 aromatic rings. The summed E-state index contributed by atoms with van der Waals surface area (Å²) in [6.45, 7) is 7.97. The van der Waals surface area contributed by atoms with Crippen molar-refractivity contribution in [1.82, 2.24) is 9.78 Å². The second-order valence-corrected chi connectivity index (χ2v) is 4.84. The van der Waals surface area contributed by atoms with Crippen LogP contribution in [0.5, 0.6) is 0 Å². The lowest BCUT2D eigenvalue weighted by Gasteiger charge is -2.13. The number of hydrogen-bond acceptors (Lipinski definition) is 3. The lowest BCUT2D eigenvalue weighted by molar-refractivity contribution is -0.122. The Morgan fingerprint density at radius 1 is 1.47 bits per heavy atom. The molecule has 0 aliphatic heterocycles. The third kappa shape index (κ3) is 3.66. The maximum atomic E-state index is 11.9. The van der Waals surface area contributed by atoms with Gasteiger partial charge >= 0.3 is 0 Å². The van der Waals surface area contributed by atoms with E-state index in [1.165, 1.54) is 0 Å². The molecule has 96 valence electrons. The smallest absolute Gasteiger partial charge is 0.143 e. The van der Waals surface area contributed by atoms with Crippen molar-refractivity contribution in [2.45, 2.75) is 52.6 Å². The number of nitrogens with two attached hydrogens (primary N) is 1. The van der Waals surface area contributed by atoms with Gasteiger partial charge in [-0.15, -0.1) is 0 Å². The van der Waals surface area contributed by atoms with Gasteiger partial charge in [-0.2, -0.15) is 5.10 Å². The summed E-state index contributed by atoms with van der Waals surface area (Å²) >= 11 is 0. The van der Waals surface area contributed by atoms with Crippen molar-refractivity contribution in [3.05, 3.63) is 18.0 Å². The predicted octanol–water partition coefficient (Wildman–Crippen LogP) is 1.95. The first kappa shape index (κ1) is 13.9. The Morgan fingerprint density at radius 3 is 2.65 bits per heavy atom. The zero-order valence-corrected chi connectivity index (χ0v) is 11.2. The van der Waals surface area contributed by atoms with Crippen molar-refractivity contribution in [3.63, 3.8) is 0 Å². The van der Waals surface area contributed by atoms with Gasteiger partial charge in [-0.05, 0) is 26.3 Å². The second kappa shape index (κ2) is 5.96. The fraction of sp³-hybridized carbons (Fsp3) is 0.692. The molecule has 0 bridgehead atoms. The van der Waals surface area contributed by atoms with Crippen LogP contribution < -0.4 is 5.73 Å². The number of ketones is 1. The fourth-order valence-corrected chi connectivity index (χ4v) is 1.54. The molecule has 0 saturated carbocycles. The summed E-state index contributed by atoms with van der Waals surface area (Å²) in [6.07, 6.45) is 3.35. The lowest BCUT2D eigenvalue weighted by Crippen LogP contribution is -2.31. The molecule has 0 radical (unpaired) electrons. The maximum Gasteiger partial charge on any atom is 0.143 e. The van der Waals surface area contributed by atoms with E-state index in [-0.39, 0.29) is 17.7 Å². The van der Waals surface area contributed by atoms with Gasteiger partial charge in [-0.3, -0.25) is 9.48 Å². The van der Waals surface area contributed by atoms with Gasteiger partial charge in [0.25, 0.3) is 0 Å². The minimum Gasteiger partial charge on any atom is -0.327 e. The molecule has 0 fully saturated rings. The number of carbonyl (C=O) groups excluding carboxylic acids is 1. The van der Waals surface area contributed by atoms with Crippen molar-refractivity contribution in [1.29, 1.82) is 0 Å². The van der Waals surface area contributed by atoms with Crippen molar-refractivity contribution in [2.24, 2.45) is 11.7 Å². The van der Waals surface area contributed by atoms with Gasteiger partial charge < -0.3 is 5.73 Å². The molecular formula is C13H23N3O. The van der Waals surface area contributed by atoms with E-state index >= 15 is 0 Å². The van der Waals surface area contributed by atoms with Crippen LogP contribution >= 0.6 is 0 Å². The molecule has 4 heteroatoms. The highest BCUT2D eigenvalue weighted by atomic mass is 16.1. The molecule has 1 heterocycles. The summed E-state index contributed by atoms with van der Waals surface area (Å²) in [4.78, 5) is 11.9. The first-order valence-electron chi connectivity index (χ1n) is 6.28. The summed E-state index contributed by atoms with van der Waals surface area (Å²) in [5.41, 5.74) is 6.55. The summed E-state index contributed by atoms with van der Waals surface area (Å²) in [5.74, 6) is 0.0538. The molecule has 1 aromatic heterocycles. The average molecular weight is 237 g/mol. The van der Waals surface area contributed by atoms with Gasteiger partial charge in [0.05, 0.1) is 12.1 Å². The van der Waals surface area contributed by atoms with Crippen LogP contribution in [0.25, 0.3) is 0 Å². The average Bonchev–Trinajstić information content (AvgIpc) is 2.75.